The van der Waals surface area contributed by atoms with Gasteiger partial charge in [0.25, 0.3) is 0 Å². The highest BCUT2D eigenvalue weighted by atomic mass is 127. The number of hydrogen-bond donors (Lipinski definition) is 2. The molecule has 0 spiro atoms. The maximum Gasteiger partial charge on any atom is 0.390 e. The van der Waals surface area contributed by atoms with Gasteiger partial charge in [-0.25, -0.2) is 4.98 Å². The molecule has 0 aliphatic rings. The first-order chi connectivity index (χ1) is 9.40. The molecule has 1 rings (SSSR count). The fourth-order valence-electron chi connectivity index (χ4n) is 1.44. The second kappa shape index (κ2) is 10.2. The van der Waals surface area contributed by atoms with Crippen LogP contribution < -0.4 is 10.6 Å². The molecule has 1 heterocycles. The average molecular weight is 436 g/mol. The summed E-state index contributed by atoms with van der Waals surface area (Å²) in [7, 11) is 0. The number of guanidine groups is 1. The number of aliphatic imine (C=N–C) groups is 1. The number of rotatable bonds is 6. The minimum absolute atomic E-state index is 0. The summed E-state index contributed by atoms with van der Waals surface area (Å²) in [6, 6.07) is 0. The number of halogens is 4. The van der Waals surface area contributed by atoms with Gasteiger partial charge in [0.15, 0.2) is 5.96 Å². The lowest BCUT2D eigenvalue weighted by Gasteiger charge is -2.11. The summed E-state index contributed by atoms with van der Waals surface area (Å²) in [6.45, 7) is 4.77. The molecule has 2 N–H and O–H groups in total. The molecule has 0 saturated carbocycles. The van der Waals surface area contributed by atoms with Gasteiger partial charge in [0.05, 0.1) is 18.0 Å². The van der Waals surface area contributed by atoms with Crippen molar-refractivity contribution < 1.29 is 13.2 Å². The Balaban J connectivity index is 0.00000400. The maximum absolute atomic E-state index is 12.1. The third-order valence-corrected chi connectivity index (χ3v) is 3.28. The SMILES string of the molecule is CCNC(=NCCC(F)(F)F)NCCc1ncc(C)s1.I. The molecular weight excluding hydrogens is 416 g/mol. The highest BCUT2D eigenvalue weighted by molar-refractivity contribution is 14.0. The van der Waals surface area contributed by atoms with Gasteiger partial charge in [-0.3, -0.25) is 4.99 Å². The summed E-state index contributed by atoms with van der Waals surface area (Å²) in [5, 5.41) is 6.92. The van der Waals surface area contributed by atoms with Gasteiger partial charge in [-0.1, -0.05) is 0 Å². The Hall–Kier alpha value is -0.580. The molecule has 1 aromatic rings. The Morgan fingerprint density at radius 1 is 1.38 bits per heavy atom. The summed E-state index contributed by atoms with van der Waals surface area (Å²) in [5.41, 5.74) is 0. The van der Waals surface area contributed by atoms with Crippen molar-refractivity contribution in [2.45, 2.75) is 32.9 Å². The molecule has 9 heteroatoms. The largest absolute Gasteiger partial charge is 0.390 e. The number of nitrogens with zero attached hydrogens (tertiary/aromatic N) is 2. The summed E-state index contributed by atoms with van der Waals surface area (Å²) in [4.78, 5) is 9.26. The second-order valence-corrected chi connectivity index (χ2v) is 5.49. The van der Waals surface area contributed by atoms with E-state index >= 15 is 0 Å². The zero-order valence-corrected chi connectivity index (χ0v) is 15.1. The van der Waals surface area contributed by atoms with Crippen molar-refractivity contribution in [2.24, 2.45) is 4.99 Å². The number of thiazole rings is 1. The van der Waals surface area contributed by atoms with Crippen LogP contribution in [0.25, 0.3) is 0 Å². The molecule has 0 aliphatic heterocycles. The van der Waals surface area contributed by atoms with Gasteiger partial charge in [0, 0.05) is 30.6 Å². The van der Waals surface area contributed by atoms with Crippen molar-refractivity contribution in [2.75, 3.05) is 19.6 Å². The maximum atomic E-state index is 12.1. The molecule has 0 bridgehead atoms. The van der Waals surface area contributed by atoms with Crippen molar-refractivity contribution in [1.29, 1.82) is 0 Å². The molecule has 122 valence electrons. The van der Waals surface area contributed by atoms with Crippen LogP contribution >= 0.6 is 35.3 Å². The van der Waals surface area contributed by atoms with Gasteiger partial charge in [-0.05, 0) is 13.8 Å². The van der Waals surface area contributed by atoms with Crippen LogP contribution in [0.4, 0.5) is 13.2 Å². The van der Waals surface area contributed by atoms with E-state index in [0.29, 0.717) is 19.0 Å². The molecular formula is C12H20F3IN4S. The average Bonchev–Trinajstić information content (AvgIpc) is 2.73. The molecule has 4 nitrogen and oxygen atoms in total. The third-order valence-electron chi connectivity index (χ3n) is 2.31. The Morgan fingerprint density at radius 2 is 2.10 bits per heavy atom. The highest BCUT2D eigenvalue weighted by Crippen LogP contribution is 2.18. The van der Waals surface area contributed by atoms with Crippen LogP contribution in [-0.2, 0) is 6.42 Å². The van der Waals surface area contributed by atoms with Crippen molar-refractivity contribution in [3.8, 4) is 0 Å². The van der Waals surface area contributed by atoms with E-state index < -0.39 is 12.6 Å². The zero-order valence-electron chi connectivity index (χ0n) is 12.0. The van der Waals surface area contributed by atoms with Crippen molar-refractivity contribution in [1.82, 2.24) is 15.6 Å². The first-order valence-electron chi connectivity index (χ1n) is 6.41. The molecule has 1 aromatic heterocycles. The fraction of sp³-hybridized carbons (Fsp3) is 0.667. The minimum atomic E-state index is -4.17. The van der Waals surface area contributed by atoms with E-state index in [1.165, 1.54) is 0 Å². The number of aryl methyl sites for hydroxylation is 1. The van der Waals surface area contributed by atoms with E-state index in [0.717, 1.165) is 16.3 Å². The quantitative estimate of drug-likeness (QED) is 0.410. The van der Waals surface area contributed by atoms with E-state index in [4.69, 9.17) is 0 Å². The van der Waals surface area contributed by atoms with Crippen LogP contribution in [0.1, 0.15) is 23.2 Å². The summed E-state index contributed by atoms with van der Waals surface area (Å²) in [6.07, 6.45) is -2.54. The monoisotopic (exact) mass is 436 g/mol. The normalized spacial score (nSPS) is 12.0. The fourth-order valence-corrected chi connectivity index (χ4v) is 2.23. The predicted octanol–water partition coefficient (Wildman–Crippen LogP) is 3.12. The molecule has 0 unspecified atom stereocenters. The summed E-state index contributed by atoms with van der Waals surface area (Å²) < 4.78 is 36.2. The Bertz CT molecular complexity index is 434. The smallest absolute Gasteiger partial charge is 0.357 e. The van der Waals surface area contributed by atoms with Crippen molar-refractivity contribution >= 4 is 41.3 Å². The molecule has 0 saturated heterocycles. The minimum Gasteiger partial charge on any atom is -0.357 e. The molecule has 0 aromatic carbocycles. The first kappa shape index (κ1) is 20.4. The molecule has 0 aliphatic carbocycles. The molecule has 0 atom stereocenters. The topological polar surface area (TPSA) is 49.3 Å². The van der Waals surface area contributed by atoms with Gasteiger partial charge in [-0.15, -0.1) is 35.3 Å². The third kappa shape index (κ3) is 9.88. The molecule has 0 radical (unpaired) electrons. The van der Waals surface area contributed by atoms with E-state index in [-0.39, 0.29) is 30.5 Å². The van der Waals surface area contributed by atoms with Crippen molar-refractivity contribution in [3.05, 3.63) is 16.1 Å². The Kier molecular flexibility index (Phi) is 9.92. The van der Waals surface area contributed by atoms with E-state index in [1.54, 1.807) is 11.3 Å². The molecule has 21 heavy (non-hydrogen) atoms. The lowest BCUT2D eigenvalue weighted by Crippen LogP contribution is -2.38. The first-order valence-corrected chi connectivity index (χ1v) is 7.22. The van der Waals surface area contributed by atoms with Crippen LogP contribution in [-0.4, -0.2) is 36.8 Å². The summed E-state index contributed by atoms with van der Waals surface area (Å²) >= 11 is 1.61. The number of aromatic nitrogens is 1. The van der Waals surface area contributed by atoms with E-state index in [9.17, 15) is 13.2 Å². The Labute approximate surface area is 143 Å². The van der Waals surface area contributed by atoms with Crippen molar-refractivity contribution in [3.63, 3.8) is 0 Å². The van der Waals surface area contributed by atoms with E-state index in [2.05, 4.69) is 20.6 Å². The van der Waals surface area contributed by atoms with Gasteiger partial charge >= 0.3 is 6.18 Å². The number of nitrogens with one attached hydrogen (secondary N) is 2. The number of hydrogen-bond acceptors (Lipinski definition) is 3. The standard InChI is InChI=1S/C12H19F3N4S.HI/c1-3-16-11(18-7-5-12(13,14)15)17-6-4-10-19-8-9(2)20-10;/h8H,3-7H2,1-2H3,(H2,16,17,18);1H. The van der Waals surface area contributed by atoms with Crippen LogP contribution in [0.2, 0.25) is 0 Å². The van der Waals surface area contributed by atoms with Gasteiger partial charge in [0.2, 0.25) is 0 Å². The summed E-state index contributed by atoms with van der Waals surface area (Å²) in [5.74, 6) is 0.407. The van der Waals surface area contributed by atoms with Gasteiger partial charge in [-0.2, -0.15) is 13.2 Å². The van der Waals surface area contributed by atoms with E-state index in [1.807, 2.05) is 20.0 Å². The van der Waals surface area contributed by atoms with Crippen LogP contribution in [0.5, 0.6) is 0 Å². The zero-order chi connectivity index (χ0) is 15.0. The predicted molar refractivity (Wildman–Crippen MR) is 90.6 cm³/mol. The molecule has 0 amide bonds. The lowest BCUT2D eigenvalue weighted by molar-refractivity contribution is -0.132. The van der Waals surface area contributed by atoms with Gasteiger partial charge in [0.1, 0.15) is 0 Å². The van der Waals surface area contributed by atoms with Crippen LogP contribution in [0.15, 0.2) is 11.2 Å². The number of alkyl halides is 3. The lowest BCUT2D eigenvalue weighted by atomic mass is 10.4. The molecule has 0 fully saturated rings. The van der Waals surface area contributed by atoms with Crippen LogP contribution in [0, 0.1) is 6.92 Å². The van der Waals surface area contributed by atoms with Gasteiger partial charge < -0.3 is 10.6 Å². The van der Waals surface area contributed by atoms with Crippen LogP contribution in [0.3, 0.4) is 0 Å². The Morgan fingerprint density at radius 3 is 2.62 bits per heavy atom. The second-order valence-electron chi connectivity index (χ2n) is 4.17. The highest BCUT2D eigenvalue weighted by Gasteiger charge is 2.26.